The van der Waals surface area contributed by atoms with Crippen LogP contribution in [-0.4, -0.2) is 11.7 Å². The molecule has 0 spiro atoms. The molecule has 1 aromatic heterocycles. The van der Waals surface area contributed by atoms with E-state index in [1.165, 1.54) is 0 Å². The molecule has 0 fully saturated rings. The molecule has 1 heterocycles. The highest BCUT2D eigenvalue weighted by molar-refractivity contribution is 5.00. The second-order valence-corrected chi connectivity index (χ2v) is 1.84. The van der Waals surface area contributed by atoms with Crippen LogP contribution in [0.4, 0.5) is 0 Å². The number of nitrogens with one attached hydrogen (secondary N) is 1. The molecule has 0 aliphatic carbocycles. The second kappa shape index (κ2) is 3.70. The van der Waals surface area contributed by atoms with E-state index in [1.807, 2.05) is 0 Å². The summed E-state index contributed by atoms with van der Waals surface area (Å²) in [5, 5.41) is 6.54. The number of hydrogen-bond donors (Lipinski definition) is 1. The van der Waals surface area contributed by atoms with Crippen molar-refractivity contribution in [3.05, 3.63) is 18.0 Å². The predicted molar refractivity (Wildman–Crippen MR) is 37.0 cm³/mol. The molecule has 0 saturated carbocycles. The van der Waals surface area contributed by atoms with Crippen LogP contribution < -0.4 is 5.32 Å². The summed E-state index contributed by atoms with van der Waals surface area (Å²) in [7, 11) is 0. The van der Waals surface area contributed by atoms with Crippen molar-refractivity contribution in [2.75, 3.05) is 6.54 Å². The molecule has 1 rings (SSSR count). The number of hydrogen-bond acceptors (Lipinski definition) is 3. The van der Waals surface area contributed by atoms with Gasteiger partial charge in [0.25, 0.3) is 0 Å². The molecular formula is C7H8N2O. The minimum Gasteiger partial charge on any atom is -0.364 e. The van der Waals surface area contributed by atoms with E-state index in [1.54, 1.807) is 12.5 Å². The highest BCUT2D eigenvalue weighted by Gasteiger charge is 1.91. The molecule has 1 N–H and O–H groups in total. The Morgan fingerprint density at radius 2 is 2.70 bits per heavy atom. The third-order valence-electron chi connectivity index (χ3n) is 1.04. The summed E-state index contributed by atoms with van der Waals surface area (Å²) in [4.78, 5) is 0. The van der Waals surface area contributed by atoms with E-state index in [2.05, 4.69) is 20.9 Å². The molecule has 0 aromatic carbocycles. The Kier molecular flexibility index (Phi) is 2.53. The van der Waals surface area contributed by atoms with Crippen LogP contribution >= 0.6 is 0 Å². The van der Waals surface area contributed by atoms with Crippen LogP contribution in [0.1, 0.15) is 5.56 Å². The fourth-order valence-electron chi connectivity index (χ4n) is 0.593. The molecule has 0 aliphatic rings. The predicted octanol–water partition coefficient (Wildman–Crippen LogP) is 0.397. The summed E-state index contributed by atoms with van der Waals surface area (Å²) >= 11 is 0. The van der Waals surface area contributed by atoms with Crippen molar-refractivity contribution in [1.82, 2.24) is 10.5 Å². The van der Waals surface area contributed by atoms with E-state index in [4.69, 9.17) is 6.42 Å². The molecule has 3 heteroatoms. The van der Waals surface area contributed by atoms with Crippen molar-refractivity contribution in [3.8, 4) is 12.3 Å². The second-order valence-electron chi connectivity index (χ2n) is 1.84. The van der Waals surface area contributed by atoms with Crippen LogP contribution in [0.25, 0.3) is 0 Å². The first-order chi connectivity index (χ1) is 4.93. The zero-order valence-corrected chi connectivity index (χ0v) is 5.50. The molecular weight excluding hydrogens is 128 g/mol. The van der Waals surface area contributed by atoms with Crippen LogP contribution in [0.3, 0.4) is 0 Å². The summed E-state index contributed by atoms with van der Waals surface area (Å²) in [6, 6.07) is 0. The Balaban J connectivity index is 2.23. The van der Waals surface area contributed by atoms with Gasteiger partial charge in [-0.2, -0.15) is 0 Å². The van der Waals surface area contributed by atoms with Gasteiger partial charge in [0.05, 0.1) is 12.7 Å². The van der Waals surface area contributed by atoms with Gasteiger partial charge in [-0.3, -0.25) is 0 Å². The summed E-state index contributed by atoms with van der Waals surface area (Å²) in [5.41, 5.74) is 1.01. The first-order valence-corrected chi connectivity index (χ1v) is 2.96. The number of rotatable bonds is 3. The molecule has 0 saturated heterocycles. The molecule has 0 aliphatic heterocycles. The van der Waals surface area contributed by atoms with E-state index in [0.29, 0.717) is 13.1 Å². The number of nitrogens with zero attached hydrogens (tertiary/aromatic N) is 1. The van der Waals surface area contributed by atoms with E-state index in [-0.39, 0.29) is 0 Å². The van der Waals surface area contributed by atoms with Gasteiger partial charge in [-0.1, -0.05) is 11.1 Å². The third kappa shape index (κ3) is 1.92. The average molecular weight is 136 g/mol. The highest BCUT2D eigenvalue weighted by atomic mass is 16.5. The first kappa shape index (κ1) is 6.84. The Morgan fingerprint density at radius 3 is 3.30 bits per heavy atom. The van der Waals surface area contributed by atoms with Crippen LogP contribution in [0.15, 0.2) is 17.0 Å². The Morgan fingerprint density at radius 1 is 1.80 bits per heavy atom. The molecule has 3 nitrogen and oxygen atoms in total. The summed E-state index contributed by atoms with van der Waals surface area (Å²) < 4.78 is 4.60. The van der Waals surface area contributed by atoms with Gasteiger partial charge in [0.15, 0.2) is 0 Å². The lowest BCUT2D eigenvalue weighted by atomic mass is 10.4. The van der Waals surface area contributed by atoms with Gasteiger partial charge < -0.3 is 9.84 Å². The largest absolute Gasteiger partial charge is 0.364 e. The van der Waals surface area contributed by atoms with E-state index >= 15 is 0 Å². The molecule has 0 unspecified atom stereocenters. The van der Waals surface area contributed by atoms with Gasteiger partial charge in [0.1, 0.15) is 6.26 Å². The zero-order chi connectivity index (χ0) is 7.23. The number of terminal acetylenes is 1. The standard InChI is InChI=1S/C7H8N2O/c1-2-3-8-4-7-5-9-10-6-7/h1,5-6,8H,3-4H2. The lowest BCUT2D eigenvalue weighted by Gasteiger charge is -1.92. The van der Waals surface area contributed by atoms with E-state index in [9.17, 15) is 0 Å². The smallest absolute Gasteiger partial charge is 0.128 e. The third-order valence-corrected chi connectivity index (χ3v) is 1.04. The van der Waals surface area contributed by atoms with Gasteiger partial charge in [0, 0.05) is 12.1 Å². The van der Waals surface area contributed by atoms with Crippen LogP contribution in [0.2, 0.25) is 0 Å². The van der Waals surface area contributed by atoms with Crippen molar-refractivity contribution in [3.63, 3.8) is 0 Å². The van der Waals surface area contributed by atoms with Gasteiger partial charge in [-0.15, -0.1) is 6.42 Å². The maximum absolute atomic E-state index is 5.02. The van der Waals surface area contributed by atoms with Crippen LogP contribution in [0, 0.1) is 12.3 Å². The summed E-state index contributed by atoms with van der Waals surface area (Å²) in [5.74, 6) is 2.47. The number of aromatic nitrogens is 1. The van der Waals surface area contributed by atoms with Crippen molar-refractivity contribution in [2.24, 2.45) is 0 Å². The van der Waals surface area contributed by atoms with Gasteiger partial charge in [0.2, 0.25) is 0 Å². The fourth-order valence-corrected chi connectivity index (χ4v) is 0.593. The topological polar surface area (TPSA) is 38.1 Å². The van der Waals surface area contributed by atoms with Gasteiger partial charge >= 0.3 is 0 Å². The van der Waals surface area contributed by atoms with E-state index < -0.39 is 0 Å². The molecule has 0 radical (unpaired) electrons. The van der Waals surface area contributed by atoms with Crippen LogP contribution in [-0.2, 0) is 6.54 Å². The molecule has 0 bridgehead atoms. The fraction of sp³-hybridized carbons (Fsp3) is 0.286. The van der Waals surface area contributed by atoms with Gasteiger partial charge in [-0.25, -0.2) is 0 Å². The Hall–Kier alpha value is -1.27. The lowest BCUT2D eigenvalue weighted by Crippen LogP contribution is -2.12. The van der Waals surface area contributed by atoms with Crippen molar-refractivity contribution in [2.45, 2.75) is 6.54 Å². The zero-order valence-electron chi connectivity index (χ0n) is 5.50. The molecule has 10 heavy (non-hydrogen) atoms. The highest BCUT2D eigenvalue weighted by Crippen LogP contribution is 1.93. The monoisotopic (exact) mass is 136 g/mol. The maximum atomic E-state index is 5.02. The van der Waals surface area contributed by atoms with E-state index in [0.717, 1.165) is 5.56 Å². The quantitative estimate of drug-likeness (QED) is 0.482. The lowest BCUT2D eigenvalue weighted by molar-refractivity contribution is 0.418. The van der Waals surface area contributed by atoms with Crippen LogP contribution in [0.5, 0.6) is 0 Å². The summed E-state index contributed by atoms with van der Waals surface area (Å²) in [6.45, 7) is 1.29. The maximum Gasteiger partial charge on any atom is 0.128 e. The molecule has 0 atom stereocenters. The van der Waals surface area contributed by atoms with Crippen molar-refractivity contribution < 1.29 is 4.52 Å². The average Bonchev–Trinajstić information content (AvgIpc) is 2.41. The van der Waals surface area contributed by atoms with Gasteiger partial charge in [-0.05, 0) is 0 Å². The van der Waals surface area contributed by atoms with Crippen molar-refractivity contribution in [1.29, 1.82) is 0 Å². The molecule has 1 aromatic rings. The first-order valence-electron chi connectivity index (χ1n) is 2.96. The SMILES string of the molecule is C#CCNCc1cnoc1. The summed E-state index contributed by atoms with van der Waals surface area (Å²) in [6.07, 6.45) is 8.26. The minimum atomic E-state index is 0.575. The normalized spacial score (nSPS) is 9.10. The minimum absolute atomic E-state index is 0.575. The molecule has 52 valence electrons. The molecule has 0 amide bonds. The van der Waals surface area contributed by atoms with Crippen molar-refractivity contribution >= 4 is 0 Å². The Bertz CT molecular complexity index is 210. The Labute approximate surface area is 59.4 Å².